The molecule has 2 N–H and O–H groups in total. The summed E-state index contributed by atoms with van der Waals surface area (Å²) in [6.45, 7) is 1.93. The van der Waals surface area contributed by atoms with Crippen molar-refractivity contribution in [2.45, 2.75) is 44.0 Å². The van der Waals surface area contributed by atoms with E-state index in [9.17, 15) is 9.59 Å². The number of rotatable bonds is 5. The number of nitrogens with zero attached hydrogens (tertiary/aromatic N) is 1. The third-order valence-corrected chi connectivity index (χ3v) is 4.07. The molecule has 1 heterocycles. The predicted octanol–water partition coefficient (Wildman–Crippen LogP) is -0.144. The van der Waals surface area contributed by atoms with Crippen LogP contribution in [0.2, 0.25) is 0 Å². The largest absolute Gasteiger partial charge is 0.347 e. The highest BCUT2D eigenvalue weighted by Gasteiger charge is 2.42. The second kappa shape index (κ2) is 7.89. The predicted molar refractivity (Wildman–Crippen MR) is 81.2 cm³/mol. The number of amides is 2. The molecule has 126 valence electrons. The standard InChI is InChI=1S/C15H27N3O4/c1-18(2)9-8-16-13(19)14(20)17-10-12-11-21-15(22-12)6-4-3-5-7-15/h12H,3-11H2,1-2H3,(H,16,19)(H,17,20)/t12-/m0/s1. The molecule has 0 unspecified atom stereocenters. The van der Waals surface area contributed by atoms with Crippen LogP contribution in [0, 0.1) is 0 Å². The third-order valence-electron chi connectivity index (χ3n) is 4.07. The Labute approximate surface area is 131 Å². The van der Waals surface area contributed by atoms with Gasteiger partial charge in [0.25, 0.3) is 0 Å². The van der Waals surface area contributed by atoms with Crippen molar-refractivity contribution in [2.75, 3.05) is 40.3 Å². The maximum Gasteiger partial charge on any atom is 0.309 e. The van der Waals surface area contributed by atoms with E-state index in [0.29, 0.717) is 26.2 Å². The first-order valence-corrected chi connectivity index (χ1v) is 8.03. The van der Waals surface area contributed by atoms with E-state index < -0.39 is 17.6 Å². The minimum Gasteiger partial charge on any atom is -0.347 e. The lowest BCUT2D eigenvalue weighted by atomic mass is 9.94. The lowest BCUT2D eigenvalue weighted by Gasteiger charge is -2.31. The van der Waals surface area contributed by atoms with Crippen molar-refractivity contribution < 1.29 is 19.1 Å². The van der Waals surface area contributed by atoms with E-state index in [1.165, 1.54) is 6.42 Å². The molecule has 22 heavy (non-hydrogen) atoms. The summed E-state index contributed by atoms with van der Waals surface area (Å²) < 4.78 is 11.8. The van der Waals surface area contributed by atoms with Crippen LogP contribution < -0.4 is 10.6 Å². The number of carbonyl (C=O) groups is 2. The Morgan fingerprint density at radius 1 is 1.14 bits per heavy atom. The molecule has 7 nitrogen and oxygen atoms in total. The zero-order valence-corrected chi connectivity index (χ0v) is 13.5. The van der Waals surface area contributed by atoms with Gasteiger partial charge >= 0.3 is 11.8 Å². The van der Waals surface area contributed by atoms with E-state index in [1.807, 2.05) is 19.0 Å². The molecule has 0 bridgehead atoms. The summed E-state index contributed by atoms with van der Waals surface area (Å²) >= 11 is 0. The Bertz CT molecular complexity index is 394. The molecule has 0 aromatic carbocycles. The molecule has 2 aliphatic rings. The second-order valence-electron chi connectivity index (χ2n) is 6.29. The third kappa shape index (κ3) is 4.93. The smallest absolute Gasteiger partial charge is 0.309 e. The Morgan fingerprint density at radius 2 is 1.82 bits per heavy atom. The topological polar surface area (TPSA) is 79.9 Å². The number of ether oxygens (including phenoxy) is 2. The van der Waals surface area contributed by atoms with Crippen molar-refractivity contribution in [1.82, 2.24) is 15.5 Å². The SMILES string of the molecule is CN(C)CCNC(=O)C(=O)NC[C@H]1COC2(CCCCC2)O1. The fraction of sp³-hybridized carbons (Fsp3) is 0.867. The first kappa shape index (κ1) is 17.2. The minimum absolute atomic E-state index is 0.170. The van der Waals surface area contributed by atoms with Gasteiger partial charge in [0.1, 0.15) is 6.10 Å². The van der Waals surface area contributed by atoms with Crippen molar-refractivity contribution in [3.63, 3.8) is 0 Å². The molecule has 1 aliphatic heterocycles. The molecule has 0 radical (unpaired) electrons. The Kier molecular flexibility index (Phi) is 6.16. The summed E-state index contributed by atoms with van der Waals surface area (Å²) in [5.41, 5.74) is 0. The normalized spacial score (nSPS) is 23.7. The zero-order valence-electron chi connectivity index (χ0n) is 13.5. The number of carbonyl (C=O) groups excluding carboxylic acids is 2. The molecule has 1 atom stereocenters. The quantitative estimate of drug-likeness (QED) is 0.691. The molecular weight excluding hydrogens is 286 g/mol. The molecule has 1 aliphatic carbocycles. The molecule has 2 fully saturated rings. The first-order valence-electron chi connectivity index (χ1n) is 8.03. The van der Waals surface area contributed by atoms with Crippen LogP contribution in [0.4, 0.5) is 0 Å². The molecule has 1 saturated carbocycles. The summed E-state index contributed by atoms with van der Waals surface area (Å²) in [4.78, 5) is 25.3. The average molecular weight is 313 g/mol. The van der Waals surface area contributed by atoms with Gasteiger partial charge in [-0.3, -0.25) is 9.59 Å². The van der Waals surface area contributed by atoms with Crippen molar-refractivity contribution in [2.24, 2.45) is 0 Å². The lowest BCUT2D eigenvalue weighted by Crippen LogP contribution is -2.45. The highest BCUT2D eigenvalue weighted by Crippen LogP contribution is 2.37. The highest BCUT2D eigenvalue weighted by atomic mass is 16.7. The minimum atomic E-state index is -0.619. The van der Waals surface area contributed by atoms with Crippen LogP contribution in [-0.2, 0) is 19.1 Å². The maximum atomic E-state index is 11.7. The van der Waals surface area contributed by atoms with Gasteiger partial charge in [0.15, 0.2) is 5.79 Å². The monoisotopic (exact) mass is 313 g/mol. The number of nitrogens with one attached hydrogen (secondary N) is 2. The van der Waals surface area contributed by atoms with Gasteiger partial charge in [0.2, 0.25) is 0 Å². The van der Waals surface area contributed by atoms with Crippen molar-refractivity contribution >= 4 is 11.8 Å². The molecule has 2 rings (SSSR count). The Morgan fingerprint density at radius 3 is 2.50 bits per heavy atom. The number of hydrogen-bond donors (Lipinski definition) is 2. The van der Waals surface area contributed by atoms with Crippen LogP contribution in [0.5, 0.6) is 0 Å². The fourth-order valence-electron chi connectivity index (χ4n) is 2.83. The molecule has 1 saturated heterocycles. The van der Waals surface area contributed by atoms with Gasteiger partial charge in [0.05, 0.1) is 6.61 Å². The van der Waals surface area contributed by atoms with Crippen molar-refractivity contribution in [3.8, 4) is 0 Å². The maximum absolute atomic E-state index is 11.7. The van der Waals surface area contributed by atoms with E-state index in [-0.39, 0.29) is 6.10 Å². The first-order chi connectivity index (χ1) is 10.5. The second-order valence-corrected chi connectivity index (χ2v) is 6.29. The van der Waals surface area contributed by atoms with Crippen LogP contribution in [-0.4, -0.2) is 68.9 Å². The van der Waals surface area contributed by atoms with E-state index in [1.54, 1.807) is 0 Å². The van der Waals surface area contributed by atoms with E-state index in [2.05, 4.69) is 10.6 Å². The van der Waals surface area contributed by atoms with Crippen LogP contribution in [0.25, 0.3) is 0 Å². The van der Waals surface area contributed by atoms with E-state index >= 15 is 0 Å². The van der Waals surface area contributed by atoms with Gasteiger partial charge < -0.3 is 25.0 Å². The lowest BCUT2D eigenvalue weighted by molar-refractivity contribution is -0.186. The van der Waals surface area contributed by atoms with Crippen LogP contribution in [0.1, 0.15) is 32.1 Å². The number of likely N-dealkylation sites (N-methyl/N-ethyl adjacent to an activating group) is 1. The molecule has 7 heteroatoms. The summed E-state index contributed by atoms with van der Waals surface area (Å²) in [6.07, 6.45) is 5.13. The van der Waals surface area contributed by atoms with Gasteiger partial charge in [-0.05, 0) is 26.9 Å². The average Bonchev–Trinajstić information content (AvgIpc) is 2.87. The van der Waals surface area contributed by atoms with Crippen molar-refractivity contribution in [3.05, 3.63) is 0 Å². The van der Waals surface area contributed by atoms with Crippen LogP contribution >= 0.6 is 0 Å². The molecule has 0 aromatic rings. The fourth-order valence-corrected chi connectivity index (χ4v) is 2.83. The zero-order chi connectivity index (χ0) is 16.0. The van der Waals surface area contributed by atoms with E-state index in [4.69, 9.17) is 9.47 Å². The Hall–Kier alpha value is -1.18. The summed E-state index contributed by atoms with van der Waals surface area (Å²) in [5, 5.41) is 5.20. The molecule has 1 spiro atoms. The van der Waals surface area contributed by atoms with Crippen LogP contribution in [0.3, 0.4) is 0 Å². The summed E-state index contributed by atoms with van der Waals surface area (Å²) in [5.74, 6) is -1.66. The molecule has 2 amide bonds. The number of hydrogen-bond acceptors (Lipinski definition) is 5. The van der Waals surface area contributed by atoms with Crippen LogP contribution in [0.15, 0.2) is 0 Å². The van der Waals surface area contributed by atoms with Crippen molar-refractivity contribution in [1.29, 1.82) is 0 Å². The molecular formula is C15H27N3O4. The van der Waals surface area contributed by atoms with Gasteiger partial charge in [-0.15, -0.1) is 0 Å². The van der Waals surface area contributed by atoms with Gasteiger partial charge in [-0.25, -0.2) is 0 Å². The van der Waals surface area contributed by atoms with E-state index in [0.717, 1.165) is 25.7 Å². The van der Waals surface area contributed by atoms with Gasteiger partial charge in [0, 0.05) is 32.5 Å². The Balaban J connectivity index is 1.65. The highest BCUT2D eigenvalue weighted by molar-refractivity contribution is 6.35. The molecule has 0 aromatic heterocycles. The van der Waals surface area contributed by atoms with Gasteiger partial charge in [-0.1, -0.05) is 6.42 Å². The van der Waals surface area contributed by atoms with Gasteiger partial charge in [-0.2, -0.15) is 0 Å². The summed E-state index contributed by atoms with van der Waals surface area (Å²) in [6, 6.07) is 0. The summed E-state index contributed by atoms with van der Waals surface area (Å²) in [7, 11) is 3.81.